The Kier molecular flexibility index (Phi) is 6.09. The highest BCUT2D eigenvalue weighted by Gasteiger charge is 2.24. The fourth-order valence-electron chi connectivity index (χ4n) is 1.04. The van der Waals surface area contributed by atoms with Gasteiger partial charge in [-0.25, -0.2) is 0 Å². The molecule has 0 aliphatic heterocycles. The molecule has 0 aromatic heterocycles. The van der Waals surface area contributed by atoms with E-state index in [1.807, 2.05) is 20.8 Å². The average molecular weight is 246 g/mol. The van der Waals surface area contributed by atoms with Crippen molar-refractivity contribution in [2.45, 2.75) is 46.3 Å². The fraction of sp³-hybridized carbons (Fsp3) is 0.917. The molecule has 0 fully saturated rings. The molecule has 0 aliphatic rings. The normalized spacial score (nSPS) is 14.7. The molecule has 102 valence electrons. The lowest BCUT2D eigenvalue weighted by Gasteiger charge is -2.24. The highest BCUT2D eigenvalue weighted by Crippen LogP contribution is 2.11. The zero-order chi connectivity index (χ0) is 13.7. The van der Waals surface area contributed by atoms with E-state index in [0.29, 0.717) is 13.1 Å². The van der Waals surface area contributed by atoms with Gasteiger partial charge < -0.3 is 20.9 Å². The summed E-state index contributed by atoms with van der Waals surface area (Å²) in [7, 11) is 0. The lowest BCUT2D eigenvalue weighted by molar-refractivity contribution is -0.125. The maximum atomic E-state index is 11.0. The van der Waals surface area contributed by atoms with Crippen LogP contribution in [-0.4, -0.2) is 42.4 Å². The van der Waals surface area contributed by atoms with Crippen molar-refractivity contribution in [2.24, 2.45) is 11.1 Å². The minimum Gasteiger partial charge on any atom is -0.389 e. The van der Waals surface area contributed by atoms with E-state index in [-0.39, 0.29) is 18.1 Å². The van der Waals surface area contributed by atoms with Crippen LogP contribution in [0.4, 0.5) is 0 Å². The van der Waals surface area contributed by atoms with E-state index in [0.717, 1.165) is 0 Å². The summed E-state index contributed by atoms with van der Waals surface area (Å²) in [6.45, 7) is 10.4. The van der Waals surface area contributed by atoms with E-state index < -0.39 is 11.5 Å². The van der Waals surface area contributed by atoms with Crippen molar-refractivity contribution in [3.63, 3.8) is 0 Å². The Morgan fingerprint density at radius 2 is 1.88 bits per heavy atom. The first-order valence-electron chi connectivity index (χ1n) is 5.87. The van der Waals surface area contributed by atoms with Crippen molar-refractivity contribution in [3.05, 3.63) is 0 Å². The van der Waals surface area contributed by atoms with Crippen molar-refractivity contribution in [2.75, 3.05) is 19.7 Å². The van der Waals surface area contributed by atoms with Gasteiger partial charge in [-0.2, -0.15) is 0 Å². The van der Waals surface area contributed by atoms with Crippen LogP contribution in [0, 0.1) is 5.41 Å². The van der Waals surface area contributed by atoms with Crippen LogP contribution >= 0.6 is 0 Å². The number of carbonyl (C=O) groups is 1. The van der Waals surface area contributed by atoms with Crippen molar-refractivity contribution in [1.82, 2.24) is 5.32 Å². The van der Waals surface area contributed by atoms with Crippen LogP contribution in [0.15, 0.2) is 0 Å². The molecule has 0 heterocycles. The van der Waals surface area contributed by atoms with Crippen molar-refractivity contribution < 1.29 is 14.6 Å². The van der Waals surface area contributed by atoms with E-state index in [4.69, 9.17) is 10.5 Å². The summed E-state index contributed by atoms with van der Waals surface area (Å²) < 4.78 is 5.44. The molecule has 1 amide bonds. The fourth-order valence-corrected chi connectivity index (χ4v) is 1.04. The van der Waals surface area contributed by atoms with Crippen LogP contribution in [0.5, 0.6) is 0 Å². The number of hydrogen-bond acceptors (Lipinski definition) is 4. The number of nitrogens with one attached hydrogen (secondary N) is 1. The van der Waals surface area contributed by atoms with Gasteiger partial charge in [0.05, 0.1) is 23.7 Å². The molecule has 0 radical (unpaired) electrons. The Labute approximate surface area is 104 Å². The summed E-state index contributed by atoms with van der Waals surface area (Å²) in [5.74, 6) is -0.356. The largest absolute Gasteiger partial charge is 0.389 e. The van der Waals surface area contributed by atoms with Gasteiger partial charge in [-0.3, -0.25) is 4.79 Å². The summed E-state index contributed by atoms with van der Waals surface area (Å²) in [6.07, 6.45) is -0.585. The van der Waals surface area contributed by atoms with Crippen molar-refractivity contribution >= 4 is 5.91 Å². The van der Waals surface area contributed by atoms with Crippen LogP contribution in [0.1, 0.15) is 34.6 Å². The lowest BCUT2D eigenvalue weighted by atomic mass is 9.93. The molecule has 0 saturated heterocycles. The van der Waals surface area contributed by atoms with Gasteiger partial charge in [0.25, 0.3) is 0 Å². The molecule has 0 aliphatic carbocycles. The predicted molar refractivity (Wildman–Crippen MR) is 67.6 cm³/mol. The van der Waals surface area contributed by atoms with Crippen molar-refractivity contribution in [1.29, 1.82) is 0 Å². The number of amides is 1. The highest BCUT2D eigenvalue weighted by molar-refractivity contribution is 5.80. The highest BCUT2D eigenvalue weighted by atomic mass is 16.5. The molecule has 0 bridgehead atoms. The number of primary amides is 1. The Bertz CT molecular complexity index is 247. The molecule has 1 atom stereocenters. The molecule has 0 saturated carbocycles. The van der Waals surface area contributed by atoms with Crippen molar-refractivity contribution in [3.8, 4) is 0 Å². The van der Waals surface area contributed by atoms with Crippen LogP contribution in [0.25, 0.3) is 0 Å². The van der Waals surface area contributed by atoms with Crippen LogP contribution in [-0.2, 0) is 9.53 Å². The first-order chi connectivity index (χ1) is 7.54. The Balaban J connectivity index is 3.79. The molecular formula is C12H26N2O3. The second kappa shape index (κ2) is 6.33. The standard InChI is InChI=1S/C12H26N2O3/c1-11(2,3)17-7-9(15)6-14-8-12(4,5)10(13)16/h9,14-15H,6-8H2,1-5H3,(H2,13,16). The quantitative estimate of drug-likeness (QED) is 0.602. The van der Waals surface area contributed by atoms with Gasteiger partial charge in [0, 0.05) is 13.1 Å². The maximum Gasteiger partial charge on any atom is 0.224 e. The molecule has 0 aromatic carbocycles. The first-order valence-corrected chi connectivity index (χ1v) is 5.87. The smallest absolute Gasteiger partial charge is 0.224 e. The molecule has 17 heavy (non-hydrogen) atoms. The molecule has 0 spiro atoms. The Hall–Kier alpha value is -0.650. The number of rotatable bonds is 7. The second-order valence-electron chi connectivity index (χ2n) is 5.96. The maximum absolute atomic E-state index is 11.0. The molecule has 1 unspecified atom stereocenters. The molecule has 0 aromatic rings. The minimum absolute atomic E-state index is 0.256. The second-order valence-corrected chi connectivity index (χ2v) is 5.96. The summed E-state index contributed by atoms with van der Waals surface area (Å²) in [5, 5.41) is 12.7. The number of ether oxygens (including phenoxy) is 1. The Morgan fingerprint density at radius 3 is 2.29 bits per heavy atom. The van der Waals surface area contributed by atoms with E-state index in [1.165, 1.54) is 0 Å². The minimum atomic E-state index is -0.607. The Morgan fingerprint density at radius 1 is 1.35 bits per heavy atom. The van der Waals surface area contributed by atoms with Gasteiger partial charge >= 0.3 is 0 Å². The predicted octanol–water partition coefficient (Wildman–Crippen LogP) is 0.264. The molecular weight excluding hydrogens is 220 g/mol. The molecule has 0 rings (SSSR count). The third-order valence-electron chi connectivity index (χ3n) is 2.32. The number of carbonyl (C=O) groups excluding carboxylic acids is 1. The third kappa shape index (κ3) is 8.12. The zero-order valence-electron chi connectivity index (χ0n) is 11.5. The summed E-state index contributed by atoms with van der Waals surface area (Å²) in [5.41, 5.74) is 4.37. The number of aliphatic hydroxyl groups excluding tert-OH is 1. The summed E-state index contributed by atoms with van der Waals surface area (Å²) in [4.78, 5) is 11.0. The van der Waals surface area contributed by atoms with E-state index in [1.54, 1.807) is 13.8 Å². The number of nitrogens with two attached hydrogens (primary N) is 1. The van der Waals surface area contributed by atoms with Gasteiger partial charge in [0.2, 0.25) is 5.91 Å². The lowest BCUT2D eigenvalue weighted by Crippen LogP contribution is -2.43. The van der Waals surface area contributed by atoms with E-state index in [2.05, 4.69) is 5.32 Å². The summed E-state index contributed by atoms with van der Waals surface area (Å²) >= 11 is 0. The molecule has 4 N–H and O–H groups in total. The van der Waals surface area contributed by atoms with Gasteiger partial charge in [0.1, 0.15) is 0 Å². The monoisotopic (exact) mass is 246 g/mol. The molecule has 5 nitrogen and oxygen atoms in total. The van der Waals surface area contributed by atoms with Crippen LogP contribution in [0.2, 0.25) is 0 Å². The SMILES string of the molecule is CC(C)(C)OCC(O)CNCC(C)(C)C(N)=O. The number of aliphatic hydroxyl groups is 1. The van der Waals surface area contributed by atoms with E-state index in [9.17, 15) is 9.90 Å². The van der Waals surface area contributed by atoms with Crippen LogP contribution < -0.4 is 11.1 Å². The average Bonchev–Trinajstić information content (AvgIpc) is 2.13. The van der Waals surface area contributed by atoms with Gasteiger partial charge in [-0.1, -0.05) is 0 Å². The van der Waals surface area contributed by atoms with Crippen LogP contribution in [0.3, 0.4) is 0 Å². The van der Waals surface area contributed by atoms with Gasteiger partial charge in [0.15, 0.2) is 0 Å². The van der Waals surface area contributed by atoms with E-state index >= 15 is 0 Å². The van der Waals surface area contributed by atoms with Gasteiger partial charge in [-0.05, 0) is 34.6 Å². The topological polar surface area (TPSA) is 84.6 Å². The summed E-state index contributed by atoms with van der Waals surface area (Å²) in [6, 6.07) is 0. The zero-order valence-corrected chi connectivity index (χ0v) is 11.5. The third-order valence-corrected chi connectivity index (χ3v) is 2.32. The first kappa shape index (κ1) is 16.4. The van der Waals surface area contributed by atoms with Gasteiger partial charge in [-0.15, -0.1) is 0 Å². The molecule has 5 heteroatoms. The number of hydrogen-bond donors (Lipinski definition) is 3.